The van der Waals surface area contributed by atoms with Crippen molar-refractivity contribution in [2.75, 3.05) is 6.61 Å². The van der Waals surface area contributed by atoms with E-state index in [2.05, 4.69) is 9.97 Å². The summed E-state index contributed by atoms with van der Waals surface area (Å²) in [6.07, 6.45) is 4.78. The second-order valence-corrected chi connectivity index (χ2v) is 5.71. The van der Waals surface area contributed by atoms with Gasteiger partial charge in [0.05, 0.1) is 5.56 Å². The van der Waals surface area contributed by atoms with E-state index in [1.54, 1.807) is 0 Å². The summed E-state index contributed by atoms with van der Waals surface area (Å²) in [5, 5.41) is 0. The number of aromatic amines is 2. The Morgan fingerprint density at radius 2 is 2.16 bits per heavy atom. The van der Waals surface area contributed by atoms with E-state index in [1.807, 2.05) is 6.92 Å². The van der Waals surface area contributed by atoms with E-state index in [9.17, 15) is 4.79 Å². The maximum atomic E-state index is 12.2. The fourth-order valence-corrected chi connectivity index (χ4v) is 3.60. The topological polar surface area (TPSA) is 67.1 Å². The highest BCUT2D eigenvalue weighted by molar-refractivity contribution is 7.71. The molecule has 6 heteroatoms. The van der Waals surface area contributed by atoms with Crippen LogP contribution in [0.5, 0.6) is 5.88 Å². The van der Waals surface area contributed by atoms with Crippen LogP contribution in [0, 0.1) is 4.77 Å². The van der Waals surface area contributed by atoms with Crippen molar-refractivity contribution in [1.82, 2.24) is 9.97 Å². The smallest absolute Gasteiger partial charge is 0.259 e. The Morgan fingerprint density at radius 1 is 1.42 bits per heavy atom. The Kier molecular flexibility index (Phi) is 3.22. The molecule has 2 N–H and O–H groups in total. The number of hydrogen-bond donors (Lipinski definition) is 2. The lowest BCUT2D eigenvalue weighted by atomic mass is 9.75. The van der Waals surface area contributed by atoms with E-state index < -0.39 is 0 Å². The van der Waals surface area contributed by atoms with Gasteiger partial charge in [-0.25, -0.2) is 0 Å². The number of H-pyrrole nitrogens is 2. The third-order valence-corrected chi connectivity index (χ3v) is 4.36. The van der Waals surface area contributed by atoms with Gasteiger partial charge in [-0.1, -0.05) is 12.8 Å². The molecule has 1 fully saturated rings. The SMILES string of the molecule is CCOC1CC2(CCCC2)c2c([nH]c(=S)[nH]c2=O)O1. The maximum absolute atomic E-state index is 12.2. The van der Waals surface area contributed by atoms with E-state index in [-0.39, 0.29) is 17.3 Å². The lowest BCUT2D eigenvalue weighted by Crippen LogP contribution is -2.42. The van der Waals surface area contributed by atoms with Crippen LogP contribution in [0.25, 0.3) is 0 Å². The molecule has 3 rings (SSSR count). The van der Waals surface area contributed by atoms with Gasteiger partial charge in [0.2, 0.25) is 12.2 Å². The third kappa shape index (κ3) is 2.12. The molecule has 0 bridgehead atoms. The number of rotatable bonds is 2. The molecule has 1 atom stereocenters. The predicted molar refractivity (Wildman–Crippen MR) is 73.1 cm³/mol. The molecular formula is C13H18N2O3S. The molecule has 2 aliphatic rings. The van der Waals surface area contributed by atoms with Gasteiger partial charge in [-0.3, -0.25) is 9.78 Å². The molecule has 0 aromatic carbocycles. The molecule has 1 aromatic heterocycles. The third-order valence-electron chi connectivity index (χ3n) is 4.16. The number of hydrogen-bond acceptors (Lipinski definition) is 4. The molecule has 5 nitrogen and oxygen atoms in total. The quantitative estimate of drug-likeness (QED) is 0.817. The van der Waals surface area contributed by atoms with Gasteiger partial charge >= 0.3 is 0 Å². The van der Waals surface area contributed by atoms with Crippen molar-refractivity contribution in [2.45, 2.75) is 50.7 Å². The molecule has 1 aliphatic carbocycles. The summed E-state index contributed by atoms with van der Waals surface area (Å²) in [6.45, 7) is 2.54. The molecule has 1 saturated carbocycles. The predicted octanol–water partition coefficient (Wildman–Crippen LogP) is 2.39. The van der Waals surface area contributed by atoms with Crippen LogP contribution in [0.3, 0.4) is 0 Å². The zero-order chi connectivity index (χ0) is 13.5. The van der Waals surface area contributed by atoms with Crippen molar-refractivity contribution >= 4 is 12.2 Å². The maximum Gasteiger partial charge on any atom is 0.259 e. The number of ether oxygens (including phenoxy) is 2. The molecule has 1 unspecified atom stereocenters. The Bertz CT molecular complexity index is 586. The van der Waals surface area contributed by atoms with Gasteiger partial charge < -0.3 is 14.5 Å². The van der Waals surface area contributed by atoms with Crippen LogP contribution in [0.1, 0.15) is 44.6 Å². The zero-order valence-corrected chi connectivity index (χ0v) is 11.8. The summed E-state index contributed by atoms with van der Waals surface area (Å²) in [5.74, 6) is 0.500. The van der Waals surface area contributed by atoms with Crippen LogP contribution in [0.15, 0.2) is 4.79 Å². The average Bonchev–Trinajstić information content (AvgIpc) is 2.76. The molecule has 0 saturated heterocycles. The van der Waals surface area contributed by atoms with Crippen LogP contribution in [-0.2, 0) is 10.2 Å². The van der Waals surface area contributed by atoms with Crippen molar-refractivity contribution in [1.29, 1.82) is 0 Å². The van der Waals surface area contributed by atoms with E-state index in [0.717, 1.165) is 37.7 Å². The minimum absolute atomic E-state index is 0.111. The second kappa shape index (κ2) is 4.76. The Morgan fingerprint density at radius 3 is 2.84 bits per heavy atom. The van der Waals surface area contributed by atoms with Crippen LogP contribution in [0.4, 0.5) is 0 Å². The molecule has 104 valence electrons. The first-order chi connectivity index (χ1) is 9.14. The van der Waals surface area contributed by atoms with E-state index >= 15 is 0 Å². The number of nitrogens with one attached hydrogen (secondary N) is 2. The fraction of sp³-hybridized carbons (Fsp3) is 0.692. The summed E-state index contributed by atoms with van der Waals surface area (Å²) in [4.78, 5) is 17.9. The van der Waals surface area contributed by atoms with Crippen molar-refractivity contribution in [3.63, 3.8) is 0 Å². The van der Waals surface area contributed by atoms with Gasteiger partial charge in [-0.05, 0) is 32.0 Å². The summed E-state index contributed by atoms with van der Waals surface area (Å²) in [5.41, 5.74) is 0.505. The van der Waals surface area contributed by atoms with Gasteiger partial charge in [0.1, 0.15) is 0 Å². The normalized spacial score (nSPS) is 24.2. The summed E-state index contributed by atoms with van der Waals surface area (Å²) in [7, 11) is 0. The lowest BCUT2D eigenvalue weighted by molar-refractivity contribution is -0.106. The van der Waals surface area contributed by atoms with E-state index in [0.29, 0.717) is 17.3 Å². The van der Waals surface area contributed by atoms with Crippen molar-refractivity contribution in [2.24, 2.45) is 0 Å². The first-order valence-corrected chi connectivity index (χ1v) is 7.21. The van der Waals surface area contributed by atoms with Crippen molar-refractivity contribution in [3.05, 3.63) is 20.7 Å². The summed E-state index contributed by atoms with van der Waals surface area (Å²) in [6, 6.07) is 0. The highest BCUT2D eigenvalue weighted by atomic mass is 32.1. The van der Waals surface area contributed by atoms with E-state index in [4.69, 9.17) is 21.7 Å². The molecule has 1 aromatic rings. The van der Waals surface area contributed by atoms with Crippen LogP contribution >= 0.6 is 12.2 Å². The van der Waals surface area contributed by atoms with Crippen molar-refractivity contribution in [3.8, 4) is 5.88 Å². The Balaban J connectivity index is 2.12. The van der Waals surface area contributed by atoms with Gasteiger partial charge in [0, 0.05) is 18.4 Å². The molecule has 1 aliphatic heterocycles. The minimum Gasteiger partial charge on any atom is -0.449 e. The molecule has 19 heavy (non-hydrogen) atoms. The van der Waals surface area contributed by atoms with Crippen LogP contribution in [0.2, 0.25) is 0 Å². The molecule has 0 amide bonds. The van der Waals surface area contributed by atoms with E-state index in [1.165, 1.54) is 0 Å². The van der Waals surface area contributed by atoms with Crippen molar-refractivity contribution < 1.29 is 9.47 Å². The van der Waals surface area contributed by atoms with Gasteiger partial charge in [-0.15, -0.1) is 0 Å². The Labute approximate surface area is 116 Å². The lowest BCUT2D eigenvalue weighted by Gasteiger charge is -2.38. The largest absolute Gasteiger partial charge is 0.449 e. The zero-order valence-electron chi connectivity index (χ0n) is 11.0. The Hall–Kier alpha value is -1.14. The number of fused-ring (bicyclic) bond motifs is 2. The minimum atomic E-state index is -0.289. The second-order valence-electron chi connectivity index (χ2n) is 5.31. The molecule has 1 spiro atoms. The molecular weight excluding hydrogens is 264 g/mol. The monoisotopic (exact) mass is 282 g/mol. The van der Waals surface area contributed by atoms with Gasteiger partial charge in [0.25, 0.3) is 5.56 Å². The average molecular weight is 282 g/mol. The number of aromatic nitrogens is 2. The van der Waals surface area contributed by atoms with Crippen LogP contribution in [-0.4, -0.2) is 22.9 Å². The molecule has 0 radical (unpaired) electrons. The first kappa shape index (κ1) is 12.9. The van der Waals surface area contributed by atoms with Gasteiger partial charge in [0.15, 0.2) is 4.77 Å². The standard InChI is InChI=1S/C13H18N2O3S/c1-2-17-8-7-13(5-3-4-6-13)9-10(16)14-12(19)15-11(9)18-8/h8H,2-7H2,1H3,(H2,14,15,16,19). The van der Waals surface area contributed by atoms with Crippen LogP contribution < -0.4 is 10.3 Å². The molecule has 2 heterocycles. The van der Waals surface area contributed by atoms with Gasteiger partial charge in [-0.2, -0.15) is 0 Å². The highest BCUT2D eigenvalue weighted by Gasteiger charge is 2.46. The summed E-state index contributed by atoms with van der Waals surface area (Å²) >= 11 is 5.02. The fourth-order valence-electron chi connectivity index (χ4n) is 3.41. The highest BCUT2D eigenvalue weighted by Crippen LogP contribution is 2.48. The summed E-state index contributed by atoms with van der Waals surface area (Å²) < 4.78 is 11.7. The first-order valence-electron chi connectivity index (χ1n) is 6.80.